The molecule has 2 heterocycles. The van der Waals surface area contributed by atoms with Crippen LogP contribution in [0.5, 0.6) is 0 Å². The first kappa shape index (κ1) is 21.5. The van der Waals surface area contributed by atoms with Crippen LogP contribution >= 0.6 is 11.6 Å². The molecule has 3 N–H and O–H groups in total. The lowest BCUT2D eigenvalue weighted by molar-refractivity contribution is -0.148. The smallest absolute Gasteiger partial charge is 0.328 e. The fourth-order valence-corrected chi connectivity index (χ4v) is 2.84. The van der Waals surface area contributed by atoms with Gasteiger partial charge in [0.25, 0.3) is 0 Å². The van der Waals surface area contributed by atoms with E-state index >= 15 is 0 Å². The summed E-state index contributed by atoms with van der Waals surface area (Å²) in [5.41, 5.74) is 1.50. The highest BCUT2D eigenvalue weighted by Gasteiger charge is 2.14. The molecule has 0 aliphatic carbocycles. The minimum absolute atomic E-state index is 0.00337. The Morgan fingerprint density at radius 1 is 1.27 bits per heavy atom. The second kappa shape index (κ2) is 10.0. The Morgan fingerprint density at radius 2 is 2.03 bits per heavy atom. The second-order valence-corrected chi connectivity index (χ2v) is 7.18. The lowest BCUT2D eigenvalue weighted by Gasteiger charge is -2.18. The van der Waals surface area contributed by atoms with E-state index in [0.29, 0.717) is 16.5 Å². The number of aliphatic hydroxyl groups is 1. The Hall–Kier alpha value is -3.17. The minimum atomic E-state index is -0.374. The number of carbonyl (C=O) groups is 1. The van der Waals surface area contributed by atoms with E-state index in [1.807, 2.05) is 30.3 Å². The van der Waals surface area contributed by atoms with Crippen molar-refractivity contribution < 1.29 is 14.6 Å². The van der Waals surface area contributed by atoms with Gasteiger partial charge in [-0.15, -0.1) is 0 Å². The van der Waals surface area contributed by atoms with E-state index in [4.69, 9.17) is 16.3 Å². The lowest BCUT2D eigenvalue weighted by atomic mass is 10.1. The third-order valence-corrected chi connectivity index (χ3v) is 4.26. The number of nitrogens with one attached hydrogen (secondary N) is 2. The molecule has 0 saturated heterocycles. The number of ether oxygens (including phenoxy) is 1. The Labute approximate surface area is 179 Å². The molecule has 9 nitrogen and oxygen atoms in total. The predicted octanol–water partition coefficient (Wildman–Crippen LogP) is 3.17. The summed E-state index contributed by atoms with van der Waals surface area (Å²) in [4.78, 5) is 20.3. The van der Waals surface area contributed by atoms with Crippen molar-refractivity contribution in [2.24, 2.45) is 0 Å². The van der Waals surface area contributed by atoms with E-state index in [-0.39, 0.29) is 37.2 Å². The molecule has 0 aliphatic rings. The fraction of sp³-hybridized carbons (Fsp3) is 0.300. The van der Waals surface area contributed by atoms with Crippen LogP contribution in [0, 0.1) is 0 Å². The van der Waals surface area contributed by atoms with E-state index in [2.05, 4.69) is 25.7 Å². The number of esters is 1. The number of nitrogens with zero attached hydrogens (tertiary/aromatic N) is 4. The van der Waals surface area contributed by atoms with Crippen LogP contribution in [0.2, 0.25) is 5.02 Å². The summed E-state index contributed by atoms with van der Waals surface area (Å²) in [5.74, 6) is 0.297. The molecule has 0 unspecified atom stereocenters. The number of halogens is 1. The molecule has 30 heavy (non-hydrogen) atoms. The molecule has 10 heteroatoms. The first-order valence-corrected chi connectivity index (χ1v) is 9.76. The van der Waals surface area contributed by atoms with E-state index in [1.165, 1.54) is 10.9 Å². The van der Waals surface area contributed by atoms with E-state index in [0.717, 1.165) is 5.56 Å². The van der Waals surface area contributed by atoms with Crippen molar-refractivity contribution in [2.75, 3.05) is 17.2 Å². The maximum atomic E-state index is 11.7. The van der Waals surface area contributed by atoms with Gasteiger partial charge in [-0.1, -0.05) is 41.9 Å². The number of aliphatic hydroxyl groups excluding tert-OH is 1. The molecule has 158 valence electrons. The average Bonchev–Trinajstić information content (AvgIpc) is 3.14. The molecule has 0 amide bonds. The number of carbonyl (C=O) groups excluding carboxylic acids is 1. The summed E-state index contributed by atoms with van der Waals surface area (Å²) in [6, 6.07) is 9.12. The largest absolute Gasteiger partial charge is 0.462 e. The number of rotatable bonds is 9. The normalized spacial score (nSPS) is 11.9. The van der Waals surface area contributed by atoms with Crippen LogP contribution in [0.3, 0.4) is 0 Å². The molecule has 0 spiro atoms. The molecular weight excluding hydrogens is 408 g/mol. The summed E-state index contributed by atoms with van der Waals surface area (Å²) in [6.07, 6.45) is 4.47. The summed E-state index contributed by atoms with van der Waals surface area (Å²) < 4.78 is 6.56. The highest BCUT2D eigenvalue weighted by atomic mass is 35.5. The van der Waals surface area contributed by atoms with Crippen molar-refractivity contribution in [3.63, 3.8) is 0 Å². The molecule has 2 aromatic heterocycles. The third-order valence-electron chi connectivity index (χ3n) is 3.99. The van der Waals surface area contributed by atoms with Crippen LogP contribution in [-0.4, -0.2) is 43.5 Å². The number of hydrogen-bond donors (Lipinski definition) is 3. The quantitative estimate of drug-likeness (QED) is 0.443. The zero-order chi connectivity index (χ0) is 21.5. The Morgan fingerprint density at radius 3 is 2.73 bits per heavy atom. The monoisotopic (exact) mass is 430 g/mol. The van der Waals surface area contributed by atoms with Crippen molar-refractivity contribution in [1.82, 2.24) is 19.7 Å². The van der Waals surface area contributed by atoms with Gasteiger partial charge in [0.1, 0.15) is 11.6 Å². The summed E-state index contributed by atoms with van der Waals surface area (Å²) >= 11 is 6.23. The molecule has 0 fully saturated rings. The van der Waals surface area contributed by atoms with Gasteiger partial charge in [-0.2, -0.15) is 10.1 Å². The van der Waals surface area contributed by atoms with Crippen LogP contribution in [0.4, 0.5) is 17.5 Å². The predicted molar refractivity (Wildman–Crippen MR) is 114 cm³/mol. The number of anilines is 3. The van der Waals surface area contributed by atoms with Gasteiger partial charge in [0, 0.05) is 6.20 Å². The minimum Gasteiger partial charge on any atom is -0.462 e. The third kappa shape index (κ3) is 5.91. The van der Waals surface area contributed by atoms with Gasteiger partial charge in [0.15, 0.2) is 5.82 Å². The SMILES string of the molecule is CC(C)OC(=O)Cn1cc(Nc2ncc(Cl)c(N[C@H](CO)c3ccccc3)n2)cn1. The van der Waals surface area contributed by atoms with Gasteiger partial charge in [0.2, 0.25) is 5.95 Å². The average molecular weight is 431 g/mol. The standard InChI is InChI=1S/C20H23ClN6O3/c1-13(2)30-18(29)11-27-10-15(8-23-27)24-20-22-9-16(21)19(26-20)25-17(12-28)14-6-4-3-5-7-14/h3-10,13,17,28H,11-12H2,1-2H3,(H2,22,24,25,26)/t17-/m1/s1. The maximum Gasteiger partial charge on any atom is 0.328 e. The van der Waals surface area contributed by atoms with Gasteiger partial charge in [0.05, 0.1) is 36.8 Å². The molecule has 0 bridgehead atoms. The van der Waals surface area contributed by atoms with E-state index in [9.17, 15) is 9.90 Å². The van der Waals surface area contributed by atoms with Crippen molar-refractivity contribution in [3.05, 3.63) is 59.5 Å². The molecule has 0 aliphatic heterocycles. The molecule has 1 aromatic carbocycles. The summed E-state index contributed by atoms with van der Waals surface area (Å²) in [6.45, 7) is 3.45. The summed E-state index contributed by atoms with van der Waals surface area (Å²) in [5, 5.41) is 20.3. The maximum absolute atomic E-state index is 11.7. The first-order valence-electron chi connectivity index (χ1n) is 9.38. The highest BCUT2D eigenvalue weighted by molar-refractivity contribution is 6.32. The van der Waals surface area contributed by atoms with Gasteiger partial charge in [-0.3, -0.25) is 9.48 Å². The van der Waals surface area contributed by atoms with Crippen LogP contribution in [0.1, 0.15) is 25.5 Å². The number of aromatic nitrogens is 4. The fourth-order valence-electron chi connectivity index (χ4n) is 2.69. The van der Waals surface area contributed by atoms with Crippen molar-refractivity contribution >= 4 is 35.0 Å². The molecule has 0 radical (unpaired) electrons. The lowest BCUT2D eigenvalue weighted by Crippen LogP contribution is -2.17. The molecular formula is C20H23ClN6O3. The van der Waals surface area contributed by atoms with Crippen LogP contribution in [-0.2, 0) is 16.1 Å². The molecule has 3 aromatic rings. The highest BCUT2D eigenvalue weighted by Crippen LogP contribution is 2.25. The van der Waals surface area contributed by atoms with Crippen LogP contribution < -0.4 is 10.6 Å². The zero-order valence-electron chi connectivity index (χ0n) is 16.6. The zero-order valence-corrected chi connectivity index (χ0v) is 17.4. The van der Waals surface area contributed by atoms with Crippen molar-refractivity contribution in [2.45, 2.75) is 32.5 Å². The van der Waals surface area contributed by atoms with Crippen LogP contribution in [0.15, 0.2) is 48.9 Å². The Balaban J connectivity index is 1.69. The Bertz CT molecular complexity index is 980. The molecule has 0 saturated carbocycles. The van der Waals surface area contributed by atoms with Gasteiger partial charge in [-0.25, -0.2) is 4.98 Å². The van der Waals surface area contributed by atoms with Crippen LogP contribution in [0.25, 0.3) is 0 Å². The topological polar surface area (TPSA) is 114 Å². The van der Waals surface area contributed by atoms with Crippen molar-refractivity contribution in [3.8, 4) is 0 Å². The van der Waals surface area contributed by atoms with Gasteiger partial charge >= 0.3 is 5.97 Å². The summed E-state index contributed by atoms with van der Waals surface area (Å²) in [7, 11) is 0. The van der Waals surface area contributed by atoms with Gasteiger partial charge < -0.3 is 20.5 Å². The van der Waals surface area contributed by atoms with Crippen molar-refractivity contribution in [1.29, 1.82) is 0 Å². The number of hydrogen-bond acceptors (Lipinski definition) is 8. The first-order chi connectivity index (χ1) is 14.4. The van der Waals surface area contributed by atoms with E-state index in [1.54, 1.807) is 26.2 Å². The second-order valence-electron chi connectivity index (χ2n) is 6.77. The number of benzene rings is 1. The van der Waals surface area contributed by atoms with E-state index < -0.39 is 0 Å². The van der Waals surface area contributed by atoms with Gasteiger partial charge in [-0.05, 0) is 19.4 Å². The molecule has 1 atom stereocenters. The Kier molecular flexibility index (Phi) is 7.21. The molecule has 3 rings (SSSR count).